The maximum absolute atomic E-state index is 12.6. The quantitative estimate of drug-likeness (QED) is 0.651. The zero-order chi connectivity index (χ0) is 19.4. The molecule has 1 amide bonds. The second-order valence-electron chi connectivity index (χ2n) is 8.39. The molecule has 2 bridgehead atoms. The number of amides is 1. The van der Waals surface area contributed by atoms with Gasteiger partial charge in [0, 0.05) is 29.3 Å². The first-order valence-electron chi connectivity index (χ1n) is 10.1. The molecule has 2 aromatic rings. The number of hydrogen-bond donors (Lipinski definition) is 3. The van der Waals surface area contributed by atoms with Crippen molar-refractivity contribution in [3.8, 4) is 11.8 Å². The number of aromatic nitrogens is 2. The molecule has 2 fully saturated rings. The molecule has 3 aliphatic rings. The van der Waals surface area contributed by atoms with Gasteiger partial charge in [0.1, 0.15) is 0 Å². The van der Waals surface area contributed by atoms with Crippen LogP contribution in [-0.2, 0) is 4.79 Å². The lowest BCUT2D eigenvalue weighted by atomic mass is 9.85. The van der Waals surface area contributed by atoms with Crippen molar-refractivity contribution in [2.75, 3.05) is 5.32 Å². The third-order valence-corrected chi connectivity index (χ3v) is 7.23. The van der Waals surface area contributed by atoms with Crippen molar-refractivity contribution in [2.24, 2.45) is 5.92 Å². The number of anilines is 1. The van der Waals surface area contributed by atoms with Crippen LogP contribution in [0.2, 0.25) is 5.15 Å². The molecule has 6 nitrogen and oxygen atoms in total. The molecule has 0 saturated heterocycles. The van der Waals surface area contributed by atoms with Crippen molar-refractivity contribution in [2.45, 2.75) is 62.8 Å². The lowest BCUT2D eigenvalue weighted by Gasteiger charge is -2.30. The predicted molar refractivity (Wildman–Crippen MR) is 106 cm³/mol. The molecule has 2 aromatic heterocycles. The van der Waals surface area contributed by atoms with Gasteiger partial charge in [-0.05, 0) is 68.9 Å². The summed E-state index contributed by atoms with van der Waals surface area (Å²) in [6, 6.07) is 3.52. The molecular formula is C21H24ClN3O3. The van der Waals surface area contributed by atoms with E-state index >= 15 is 0 Å². The minimum Gasteiger partial charge on any atom is -0.494 e. The molecule has 2 saturated carbocycles. The van der Waals surface area contributed by atoms with Crippen LogP contribution < -0.4 is 5.32 Å². The Kier molecular flexibility index (Phi) is 4.27. The summed E-state index contributed by atoms with van der Waals surface area (Å²) in [4.78, 5) is 16.6. The lowest BCUT2D eigenvalue weighted by molar-refractivity contribution is -0.121. The second kappa shape index (κ2) is 6.69. The first kappa shape index (κ1) is 17.9. The Labute approximate surface area is 168 Å². The fourth-order valence-electron chi connectivity index (χ4n) is 5.57. The number of aromatic hydroxyl groups is 2. The highest BCUT2D eigenvalue weighted by Gasteiger charge is 2.45. The summed E-state index contributed by atoms with van der Waals surface area (Å²) in [7, 11) is 0. The highest BCUT2D eigenvalue weighted by atomic mass is 35.5. The monoisotopic (exact) mass is 401 g/mol. The fourth-order valence-corrected chi connectivity index (χ4v) is 5.73. The number of fused-ring (bicyclic) bond motifs is 5. The summed E-state index contributed by atoms with van der Waals surface area (Å²) in [5.41, 5.74) is 2.50. The third-order valence-electron chi connectivity index (χ3n) is 6.93. The van der Waals surface area contributed by atoms with E-state index in [-0.39, 0.29) is 34.8 Å². The number of nitrogens with one attached hydrogen (secondary N) is 1. The SMILES string of the molecule is O=C(Nc1cccnc1Cl)C1CCC(n2c(O)c3c(c2O)[C@H]2CC[C@@H]3C2)CC1. The Bertz CT molecular complexity index is 900. The van der Waals surface area contributed by atoms with Crippen LogP contribution in [-0.4, -0.2) is 25.7 Å². The van der Waals surface area contributed by atoms with Gasteiger partial charge in [-0.15, -0.1) is 0 Å². The summed E-state index contributed by atoms with van der Waals surface area (Å²) in [5.74, 6) is 1.17. The van der Waals surface area contributed by atoms with Gasteiger partial charge in [-0.2, -0.15) is 0 Å². The van der Waals surface area contributed by atoms with Gasteiger partial charge in [0.05, 0.1) is 5.69 Å². The van der Waals surface area contributed by atoms with Crippen LogP contribution in [0.15, 0.2) is 18.3 Å². The summed E-state index contributed by atoms with van der Waals surface area (Å²) < 4.78 is 1.74. The zero-order valence-corrected chi connectivity index (χ0v) is 16.3. The number of carbonyl (C=O) groups is 1. The number of hydrogen-bond acceptors (Lipinski definition) is 4. The second-order valence-corrected chi connectivity index (χ2v) is 8.75. The Hall–Kier alpha value is -2.21. The van der Waals surface area contributed by atoms with Gasteiger partial charge in [-0.1, -0.05) is 11.6 Å². The van der Waals surface area contributed by atoms with Gasteiger partial charge in [0.15, 0.2) is 16.9 Å². The first-order valence-corrected chi connectivity index (χ1v) is 10.5. The molecule has 0 spiro atoms. The van der Waals surface area contributed by atoms with E-state index in [0.717, 1.165) is 43.2 Å². The van der Waals surface area contributed by atoms with Gasteiger partial charge < -0.3 is 15.5 Å². The van der Waals surface area contributed by atoms with Crippen LogP contribution in [0.5, 0.6) is 11.8 Å². The Morgan fingerprint density at radius 2 is 1.71 bits per heavy atom. The third kappa shape index (κ3) is 2.69. The smallest absolute Gasteiger partial charge is 0.227 e. The molecule has 2 heterocycles. The fraction of sp³-hybridized carbons (Fsp3) is 0.524. The Morgan fingerprint density at radius 1 is 1.07 bits per heavy atom. The number of halogens is 1. The molecule has 0 aliphatic heterocycles. The van der Waals surface area contributed by atoms with Crippen molar-refractivity contribution < 1.29 is 15.0 Å². The molecule has 0 aromatic carbocycles. The highest BCUT2D eigenvalue weighted by molar-refractivity contribution is 6.32. The van der Waals surface area contributed by atoms with E-state index in [0.29, 0.717) is 30.4 Å². The number of carbonyl (C=O) groups excluding carboxylic acids is 1. The van der Waals surface area contributed by atoms with Gasteiger partial charge in [-0.3, -0.25) is 9.36 Å². The van der Waals surface area contributed by atoms with Crippen molar-refractivity contribution in [1.29, 1.82) is 0 Å². The molecule has 0 unspecified atom stereocenters. The maximum Gasteiger partial charge on any atom is 0.227 e. The van der Waals surface area contributed by atoms with Crippen LogP contribution >= 0.6 is 11.6 Å². The average molecular weight is 402 g/mol. The summed E-state index contributed by atoms with van der Waals surface area (Å²) in [6.45, 7) is 0. The van der Waals surface area contributed by atoms with Gasteiger partial charge >= 0.3 is 0 Å². The maximum atomic E-state index is 12.6. The van der Waals surface area contributed by atoms with E-state index in [1.54, 1.807) is 22.9 Å². The van der Waals surface area contributed by atoms with E-state index in [4.69, 9.17) is 11.6 Å². The van der Waals surface area contributed by atoms with Gasteiger partial charge in [-0.25, -0.2) is 4.98 Å². The molecule has 3 aliphatic carbocycles. The lowest BCUT2D eigenvalue weighted by Crippen LogP contribution is -2.28. The van der Waals surface area contributed by atoms with Crippen LogP contribution in [0, 0.1) is 5.92 Å². The molecule has 7 heteroatoms. The van der Waals surface area contributed by atoms with Crippen molar-refractivity contribution in [3.63, 3.8) is 0 Å². The van der Waals surface area contributed by atoms with Gasteiger partial charge in [0.2, 0.25) is 5.91 Å². The Morgan fingerprint density at radius 3 is 2.32 bits per heavy atom. The average Bonchev–Trinajstić information content (AvgIpc) is 3.38. The summed E-state index contributed by atoms with van der Waals surface area (Å²) in [5, 5.41) is 24.8. The molecule has 2 atom stereocenters. The molecule has 148 valence electrons. The van der Waals surface area contributed by atoms with E-state index in [1.807, 2.05) is 0 Å². The standard InChI is InChI=1S/C21H24ClN3O3/c22-18-15(2-1-9-23-18)24-19(26)11-5-7-14(8-6-11)25-20(27)16-12-3-4-13(10-12)17(16)21(25)28/h1-2,9,11-14,27-28H,3-8,10H2,(H,24,26)/t11?,12-,13+,14?. The number of pyridine rings is 1. The minimum atomic E-state index is -0.101. The van der Waals surface area contributed by atoms with Crippen molar-refractivity contribution in [1.82, 2.24) is 9.55 Å². The van der Waals surface area contributed by atoms with Crippen molar-refractivity contribution >= 4 is 23.2 Å². The number of rotatable bonds is 3. The molecule has 3 N–H and O–H groups in total. The van der Waals surface area contributed by atoms with E-state index in [2.05, 4.69) is 10.3 Å². The summed E-state index contributed by atoms with van der Waals surface area (Å²) >= 11 is 6.03. The van der Waals surface area contributed by atoms with Crippen molar-refractivity contribution in [3.05, 3.63) is 34.6 Å². The van der Waals surface area contributed by atoms with Gasteiger partial charge in [0.25, 0.3) is 0 Å². The minimum absolute atomic E-state index is 0.0380. The normalized spacial score (nSPS) is 28.3. The Balaban J connectivity index is 1.28. The largest absolute Gasteiger partial charge is 0.494 e. The zero-order valence-electron chi connectivity index (χ0n) is 15.6. The van der Waals surface area contributed by atoms with Crippen LogP contribution in [0.25, 0.3) is 0 Å². The molecular weight excluding hydrogens is 378 g/mol. The van der Waals surface area contributed by atoms with Crippen LogP contribution in [0.3, 0.4) is 0 Å². The predicted octanol–water partition coefficient (Wildman–Crippen LogP) is 4.68. The molecule has 0 radical (unpaired) electrons. The van der Waals surface area contributed by atoms with E-state index in [1.165, 1.54) is 0 Å². The highest BCUT2D eigenvalue weighted by Crippen LogP contribution is 2.61. The van der Waals surface area contributed by atoms with E-state index in [9.17, 15) is 15.0 Å². The number of nitrogens with zero attached hydrogens (tertiary/aromatic N) is 2. The molecule has 5 rings (SSSR count). The summed E-state index contributed by atoms with van der Waals surface area (Å²) in [6.07, 6.45) is 7.80. The van der Waals surface area contributed by atoms with Crippen LogP contribution in [0.1, 0.15) is 74.0 Å². The van der Waals surface area contributed by atoms with Crippen LogP contribution in [0.4, 0.5) is 5.69 Å². The molecule has 28 heavy (non-hydrogen) atoms. The van der Waals surface area contributed by atoms with E-state index < -0.39 is 0 Å². The first-order chi connectivity index (χ1) is 13.5. The topological polar surface area (TPSA) is 87.4 Å².